The SMILES string of the molecule is Cc1c(F)cccc1NC(=O)C(=O)NCC(C)(O)c1ccc(F)cc1. The van der Waals surface area contributed by atoms with Crippen molar-refractivity contribution in [3.63, 3.8) is 0 Å². The van der Waals surface area contributed by atoms with E-state index in [1.54, 1.807) is 0 Å². The van der Waals surface area contributed by atoms with Crippen molar-refractivity contribution in [2.75, 3.05) is 11.9 Å². The van der Waals surface area contributed by atoms with Crippen molar-refractivity contribution in [3.05, 3.63) is 65.2 Å². The van der Waals surface area contributed by atoms with Crippen molar-refractivity contribution >= 4 is 17.5 Å². The van der Waals surface area contributed by atoms with E-state index in [0.717, 1.165) is 0 Å². The Morgan fingerprint density at radius 2 is 1.72 bits per heavy atom. The summed E-state index contributed by atoms with van der Waals surface area (Å²) < 4.78 is 26.4. The number of hydrogen-bond donors (Lipinski definition) is 3. The molecule has 1 unspecified atom stereocenters. The van der Waals surface area contributed by atoms with Crippen LogP contribution in [0.2, 0.25) is 0 Å². The van der Waals surface area contributed by atoms with Crippen molar-refractivity contribution in [1.82, 2.24) is 5.32 Å². The summed E-state index contributed by atoms with van der Waals surface area (Å²) in [6.45, 7) is 2.64. The smallest absolute Gasteiger partial charge is 0.313 e. The van der Waals surface area contributed by atoms with Gasteiger partial charge in [-0.15, -0.1) is 0 Å². The summed E-state index contributed by atoms with van der Waals surface area (Å²) >= 11 is 0. The largest absolute Gasteiger partial charge is 0.384 e. The molecule has 0 spiro atoms. The number of nitrogens with one attached hydrogen (secondary N) is 2. The van der Waals surface area contributed by atoms with E-state index < -0.39 is 29.0 Å². The van der Waals surface area contributed by atoms with E-state index in [1.807, 2.05) is 0 Å². The van der Waals surface area contributed by atoms with Gasteiger partial charge in [-0.2, -0.15) is 0 Å². The maximum Gasteiger partial charge on any atom is 0.313 e. The topological polar surface area (TPSA) is 78.4 Å². The van der Waals surface area contributed by atoms with Gasteiger partial charge in [-0.05, 0) is 43.7 Å². The number of rotatable bonds is 4. The number of carbonyl (C=O) groups excluding carboxylic acids is 2. The molecule has 7 heteroatoms. The molecule has 0 saturated heterocycles. The molecule has 3 N–H and O–H groups in total. The molecule has 132 valence electrons. The summed E-state index contributed by atoms with van der Waals surface area (Å²) in [6.07, 6.45) is 0. The van der Waals surface area contributed by atoms with Crippen LogP contribution < -0.4 is 10.6 Å². The Balaban J connectivity index is 1.98. The number of amides is 2. The number of anilines is 1. The fraction of sp³-hybridized carbons (Fsp3) is 0.222. The molecule has 0 fully saturated rings. The minimum atomic E-state index is -1.49. The lowest BCUT2D eigenvalue weighted by Gasteiger charge is -2.24. The standard InChI is InChI=1S/C18H18F2N2O3/c1-11-14(20)4-3-5-15(11)22-17(24)16(23)21-10-18(2,25)12-6-8-13(19)9-7-12/h3-9,25H,10H2,1-2H3,(H,21,23)(H,22,24). The third-order valence-electron chi connectivity index (χ3n) is 3.78. The number of hydrogen-bond acceptors (Lipinski definition) is 3. The zero-order valence-corrected chi connectivity index (χ0v) is 13.8. The second-order valence-corrected chi connectivity index (χ2v) is 5.83. The molecule has 0 aliphatic heterocycles. The Labute approximate surface area is 143 Å². The van der Waals surface area contributed by atoms with Crippen molar-refractivity contribution in [1.29, 1.82) is 0 Å². The van der Waals surface area contributed by atoms with Crippen LogP contribution in [0.25, 0.3) is 0 Å². The van der Waals surface area contributed by atoms with E-state index >= 15 is 0 Å². The molecular weight excluding hydrogens is 330 g/mol. The molecule has 0 aliphatic rings. The first kappa shape index (κ1) is 18.5. The fourth-order valence-corrected chi connectivity index (χ4v) is 2.17. The van der Waals surface area contributed by atoms with Gasteiger partial charge in [0.1, 0.15) is 17.2 Å². The molecule has 0 heterocycles. The van der Waals surface area contributed by atoms with E-state index in [1.165, 1.54) is 56.3 Å². The fourth-order valence-electron chi connectivity index (χ4n) is 2.17. The van der Waals surface area contributed by atoms with Gasteiger partial charge in [0.05, 0.1) is 6.54 Å². The average Bonchev–Trinajstić information content (AvgIpc) is 2.57. The molecule has 2 rings (SSSR count). The minimum absolute atomic E-state index is 0.186. The van der Waals surface area contributed by atoms with Gasteiger partial charge in [-0.3, -0.25) is 9.59 Å². The Morgan fingerprint density at radius 1 is 1.08 bits per heavy atom. The molecule has 2 aromatic carbocycles. The van der Waals surface area contributed by atoms with E-state index in [-0.39, 0.29) is 17.8 Å². The van der Waals surface area contributed by atoms with E-state index in [4.69, 9.17) is 0 Å². The predicted molar refractivity (Wildman–Crippen MR) is 88.7 cm³/mol. The molecule has 5 nitrogen and oxygen atoms in total. The van der Waals surface area contributed by atoms with Crippen LogP contribution in [-0.2, 0) is 15.2 Å². The van der Waals surface area contributed by atoms with Crippen molar-refractivity contribution in [2.45, 2.75) is 19.4 Å². The zero-order chi connectivity index (χ0) is 18.6. The lowest BCUT2D eigenvalue weighted by molar-refractivity contribution is -0.136. The Hall–Kier alpha value is -2.80. The van der Waals surface area contributed by atoms with Crippen molar-refractivity contribution < 1.29 is 23.5 Å². The highest BCUT2D eigenvalue weighted by Crippen LogP contribution is 2.20. The van der Waals surface area contributed by atoms with E-state index in [0.29, 0.717) is 5.56 Å². The molecule has 0 bridgehead atoms. The van der Waals surface area contributed by atoms with Gasteiger partial charge < -0.3 is 15.7 Å². The molecular formula is C18H18F2N2O3. The highest BCUT2D eigenvalue weighted by atomic mass is 19.1. The highest BCUT2D eigenvalue weighted by Gasteiger charge is 2.25. The lowest BCUT2D eigenvalue weighted by atomic mass is 9.96. The van der Waals surface area contributed by atoms with Crippen LogP contribution in [0, 0.1) is 18.6 Å². The Bertz CT molecular complexity index is 789. The third kappa shape index (κ3) is 4.60. The maximum atomic E-state index is 13.4. The minimum Gasteiger partial charge on any atom is -0.384 e. The van der Waals surface area contributed by atoms with Crippen LogP contribution >= 0.6 is 0 Å². The summed E-state index contributed by atoms with van der Waals surface area (Å²) in [5.74, 6) is -2.92. The normalized spacial score (nSPS) is 13.0. The molecule has 1 atom stereocenters. The van der Waals surface area contributed by atoms with Gasteiger partial charge in [-0.1, -0.05) is 18.2 Å². The van der Waals surface area contributed by atoms with Crippen LogP contribution in [0.15, 0.2) is 42.5 Å². The number of halogens is 2. The maximum absolute atomic E-state index is 13.4. The first-order chi connectivity index (χ1) is 11.7. The Kier molecular flexibility index (Phi) is 5.48. The third-order valence-corrected chi connectivity index (χ3v) is 3.78. The van der Waals surface area contributed by atoms with E-state index in [9.17, 15) is 23.5 Å². The van der Waals surface area contributed by atoms with E-state index in [2.05, 4.69) is 10.6 Å². The van der Waals surface area contributed by atoms with Crippen LogP contribution in [0.1, 0.15) is 18.1 Å². The monoisotopic (exact) mass is 348 g/mol. The lowest BCUT2D eigenvalue weighted by Crippen LogP contribution is -2.43. The number of benzene rings is 2. The predicted octanol–water partition coefficient (Wildman–Crippen LogP) is 2.24. The highest BCUT2D eigenvalue weighted by molar-refractivity contribution is 6.39. The first-order valence-corrected chi connectivity index (χ1v) is 7.53. The second kappa shape index (κ2) is 7.40. The van der Waals surface area contributed by atoms with Crippen molar-refractivity contribution in [3.8, 4) is 0 Å². The molecule has 2 amide bonds. The molecule has 0 saturated carbocycles. The molecule has 25 heavy (non-hydrogen) atoms. The van der Waals surface area contributed by atoms with Gasteiger partial charge in [0.2, 0.25) is 0 Å². The molecule has 0 aliphatic carbocycles. The van der Waals surface area contributed by atoms with Crippen LogP contribution in [0.4, 0.5) is 14.5 Å². The van der Waals surface area contributed by atoms with Crippen LogP contribution in [-0.4, -0.2) is 23.5 Å². The molecule has 0 aromatic heterocycles. The second-order valence-electron chi connectivity index (χ2n) is 5.83. The summed E-state index contributed by atoms with van der Waals surface area (Å²) in [4.78, 5) is 23.8. The molecule has 2 aromatic rings. The number of carbonyl (C=O) groups is 2. The average molecular weight is 348 g/mol. The summed E-state index contributed by atoms with van der Waals surface area (Å²) in [7, 11) is 0. The zero-order valence-electron chi connectivity index (χ0n) is 13.8. The van der Waals surface area contributed by atoms with Gasteiger partial charge in [0.15, 0.2) is 0 Å². The first-order valence-electron chi connectivity index (χ1n) is 7.53. The van der Waals surface area contributed by atoms with Gasteiger partial charge in [0, 0.05) is 11.3 Å². The summed E-state index contributed by atoms with van der Waals surface area (Å²) in [6, 6.07) is 9.27. The van der Waals surface area contributed by atoms with Crippen LogP contribution in [0.5, 0.6) is 0 Å². The van der Waals surface area contributed by atoms with Gasteiger partial charge in [0.25, 0.3) is 0 Å². The Morgan fingerprint density at radius 3 is 2.36 bits per heavy atom. The summed E-state index contributed by atoms with van der Waals surface area (Å²) in [5.41, 5.74) is -0.707. The molecule has 0 radical (unpaired) electrons. The van der Waals surface area contributed by atoms with Gasteiger partial charge in [-0.25, -0.2) is 8.78 Å². The van der Waals surface area contributed by atoms with Crippen LogP contribution in [0.3, 0.4) is 0 Å². The summed E-state index contributed by atoms with van der Waals surface area (Å²) in [5, 5.41) is 15.0. The number of aliphatic hydroxyl groups is 1. The quantitative estimate of drug-likeness (QED) is 0.742. The van der Waals surface area contributed by atoms with Gasteiger partial charge >= 0.3 is 11.8 Å². The van der Waals surface area contributed by atoms with Crippen molar-refractivity contribution in [2.24, 2.45) is 0 Å².